The van der Waals surface area contributed by atoms with Gasteiger partial charge in [-0.2, -0.15) is 13.1 Å². The van der Waals surface area contributed by atoms with Crippen LogP contribution in [0.1, 0.15) is 6.92 Å². The number of hydrogen-bond acceptors (Lipinski definition) is 4. The van der Waals surface area contributed by atoms with Gasteiger partial charge in [-0.25, -0.2) is 8.42 Å². The zero-order valence-corrected chi connectivity index (χ0v) is 12.2. The Bertz CT molecular complexity index is 553. The molecule has 0 aliphatic heterocycles. The molecule has 0 amide bonds. The van der Waals surface area contributed by atoms with Gasteiger partial charge in [-0.1, -0.05) is 18.5 Å². The number of aliphatic hydroxyl groups is 1. The van der Waals surface area contributed by atoms with Crippen molar-refractivity contribution in [2.75, 3.05) is 19.7 Å². The normalized spacial score (nSPS) is 12.2. The number of aliphatic hydroxyl groups excluding tert-OH is 1. The van der Waals surface area contributed by atoms with Crippen LogP contribution >= 0.6 is 11.6 Å². The van der Waals surface area contributed by atoms with Crippen LogP contribution in [0.4, 0.5) is 8.78 Å². The maximum absolute atomic E-state index is 12.2. The number of halogens is 3. The Kier molecular flexibility index (Phi) is 6.12. The molecule has 0 bridgehead atoms. The van der Waals surface area contributed by atoms with Crippen molar-refractivity contribution in [1.82, 2.24) is 4.31 Å². The summed E-state index contributed by atoms with van der Waals surface area (Å²) in [5.41, 5.74) is 0. The van der Waals surface area contributed by atoms with Gasteiger partial charge in [0.15, 0.2) is 0 Å². The highest BCUT2D eigenvalue weighted by Crippen LogP contribution is 2.29. The monoisotopic (exact) mass is 329 g/mol. The minimum atomic E-state index is -3.84. The van der Waals surface area contributed by atoms with Gasteiger partial charge in [0.1, 0.15) is 5.75 Å². The summed E-state index contributed by atoms with van der Waals surface area (Å²) in [5, 5.41) is 8.61. The smallest absolute Gasteiger partial charge is 0.387 e. The van der Waals surface area contributed by atoms with E-state index in [1.807, 2.05) is 0 Å². The molecule has 0 heterocycles. The average molecular weight is 330 g/mol. The van der Waals surface area contributed by atoms with Crippen molar-refractivity contribution in [2.45, 2.75) is 18.4 Å². The van der Waals surface area contributed by atoms with Crippen LogP contribution in [0.15, 0.2) is 23.1 Å². The molecular weight excluding hydrogens is 316 g/mol. The Morgan fingerprint density at radius 3 is 2.55 bits per heavy atom. The lowest BCUT2D eigenvalue weighted by Gasteiger charge is -2.19. The van der Waals surface area contributed by atoms with Crippen LogP contribution in [0.25, 0.3) is 0 Å². The van der Waals surface area contributed by atoms with E-state index in [-0.39, 0.29) is 35.4 Å². The van der Waals surface area contributed by atoms with E-state index in [9.17, 15) is 17.2 Å². The van der Waals surface area contributed by atoms with Crippen molar-refractivity contribution in [3.8, 4) is 5.75 Å². The number of ether oxygens (including phenoxy) is 1. The zero-order chi connectivity index (χ0) is 15.3. The van der Waals surface area contributed by atoms with Crippen LogP contribution in [0.5, 0.6) is 5.75 Å². The Morgan fingerprint density at radius 2 is 2.10 bits per heavy atom. The third kappa shape index (κ3) is 4.02. The molecule has 114 valence electrons. The van der Waals surface area contributed by atoms with Gasteiger partial charge in [-0.3, -0.25) is 0 Å². The Labute approximate surface area is 120 Å². The molecule has 0 saturated carbocycles. The molecule has 20 heavy (non-hydrogen) atoms. The van der Waals surface area contributed by atoms with E-state index in [0.29, 0.717) is 0 Å². The van der Waals surface area contributed by atoms with Crippen molar-refractivity contribution in [2.24, 2.45) is 0 Å². The summed E-state index contributed by atoms with van der Waals surface area (Å²) < 4.78 is 53.8. The fraction of sp³-hybridized carbons (Fsp3) is 0.455. The van der Waals surface area contributed by atoms with Gasteiger partial charge in [-0.15, -0.1) is 0 Å². The molecule has 0 aliphatic carbocycles. The largest absolute Gasteiger partial charge is 0.433 e. The second kappa shape index (κ2) is 7.16. The number of benzene rings is 1. The predicted octanol–water partition coefficient (Wildman–Crippen LogP) is 1.94. The standard InChI is InChI=1S/C11H14ClF2NO4S/c1-2-15(5-6-16)20(17,18)8-3-4-10(9(12)7-8)19-11(13)14/h3-4,7,11,16H,2,5-6H2,1H3. The van der Waals surface area contributed by atoms with Gasteiger partial charge in [0.25, 0.3) is 0 Å². The van der Waals surface area contributed by atoms with Crippen LogP contribution in [-0.2, 0) is 10.0 Å². The minimum absolute atomic E-state index is 0.0638. The van der Waals surface area contributed by atoms with Gasteiger partial charge in [0.05, 0.1) is 16.5 Å². The Balaban J connectivity index is 3.11. The lowest BCUT2D eigenvalue weighted by molar-refractivity contribution is -0.0498. The number of hydrogen-bond donors (Lipinski definition) is 1. The van der Waals surface area contributed by atoms with E-state index in [1.54, 1.807) is 6.92 Å². The summed E-state index contributed by atoms with van der Waals surface area (Å²) in [5.74, 6) is -0.300. The summed E-state index contributed by atoms with van der Waals surface area (Å²) in [6.45, 7) is -1.66. The summed E-state index contributed by atoms with van der Waals surface area (Å²) in [6, 6.07) is 3.22. The predicted molar refractivity (Wildman–Crippen MR) is 69.6 cm³/mol. The molecule has 0 aromatic heterocycles. The van der Waals surface area contributed by atoms with Crippen LogP contribution in [-0.4, -0.2) is 44.1 Å². The second-order valence-corrected chi connectivity index (χ2v) is 6.04. The van der Waals surface area contributed by atoms with Crippen molar-refractivity contribution in [3.05, 3.63) is 23.2 Å². The Morgan fingerprint density at radius 1 is 1.45 bits per heavy atom. The first kappa shape index (κ1) is 17.1. The van der Waals surface area contributed by atoms with E-state index < -0.39 is 16.6 Å². The van der Waals surface area contributed by atoms with Crippen LogP contribution in [0.2, 0.25) is 5.02 Å². The van der Waals surface area contributed by atoms with Gasteiger partial charge in [-0.05, 0) is 18.2 Å². The van der Waals surface area contributed by atoms with E-state index >= 15 is 0 Å². The summed E-state index contributed by atoms with van der Waals surface area (Å²) in [6.07, 6.45) is 0. The third-order valence-electron chi connectivity index (χ3n) is 2.46. The molecule has 0 unspecified atom stereocenters. The first-order valence-electron chi connectivity index (χ1n) is 5.68. The number of nitrogens with zero attached hydrogens (tertiary/aromatic N) is 1. The van der Waals surface area contributed by atoms with Crippen LogP contribution in [0, 0.1) is 0 Å². The SMILES string of the molecule is CCN(CCO)S(=O)(=O)c1ccc(OC(F)F)c(Cl)c1. The number of alkyl halides is 2. The third-order valence-corrected chi connectivity index (χ3v) is 4.72. The molecular formula is C11H14ClF2NO4S. The molecule has 5 nitrogen and oxygen atoms in total. The zero-order valence-electron chi connectivity index (χ0n) is 10.6. The van der Waals surface area contributed by atoms with E-state index in [4.69, 9.17) is 16.7 Å². The maximum atomic E-state index is 12.2. The Hall–Kier alpha value is -0.960. The molecule has 0 radical (unpaired) electrons. The van der Waals surface area contributed by atoms with E-state index in [0.717, 1.165) is 22.5 Å². The molecule has 1 aromatic rings. The molecule has 0 saturated heterocycles. The first-order valence-corrected chi connectivity index (χ1v) is 7.50. The molecule has 0 atom stereocenters. The molecule has 9 heteroatoms. The molecule has 0 fully saturated rings. The lowest BCUT2D eigenvalue weighted by Crippen LogP contribution is -2.33. The van der Waals surface area contributed by atoms with Gasteiger partial charge in [0, 0.05) is 13.1 Å². The number of sulfonamides is 1. The van der Waals surface area contributed by atoms with Crippen molar-refractivity contribution < 1.29 is 27.0 Å². The average Bonchev–Trinajstić information content (AvgIpc) is 2.37. The highest BCUT2D eigenvalue weighted by molar-refractivity contribution is 7.89. The second-order valence-electron chi connectivity index (χ2n) is 3.69. The fourth-order valence-corrected chi connectivity index (χ4v) is 3.30. The minimum Gasteiger partial charge on any atom is -0.433 e. The lowest BCUT2D eigenvalue weighted by atomic mass is 10.3. The van der Waals surface area contributed by atoms with Gasteiger partial charge in [0.2, 0.25) is 10.0 Å². The molecule has 1 rings (SSSR count). The molecule has 1 aromatic carbocycles. The van der Waals surface area contributed by atoms with Gasteiger partial charge >= 0.3 is 6.61 Å². The number of likely N-dealkylation sites (N-methyl/N-ethyl adjacent to an activating group) is 1. The van der Waals surface area contributed by atoms with E-state index in [1.165, 1.54) is 0 Å². The highest BCUT2D eigenvalue weighted by Gasteiger charge is 2.23. The molecule has 0 aliphatic rings. The summed E-state index contributed by atoms with van der Waals surface area (Å²) in [4.78, 5) is -0.153. The van der Waals surface area contributed by atoms with Crippen LogP contribution in [0.3, 0.4) is 0 Å². The summed E-state index contributed by atoms with van der Waals surface area (Å²) >= 11 is 5.71. The summed E-state index contributed by atoms with van der Waals surface area (Å²) in [7, 11) is -3.84. The first-order chi connectivity index (χ1) is 9.32. The fourth-order valence-electron chi connectivity index (χ4n) is 1.54. The van der Waals surface area contributed by atoms with Gasteiger partial charge < -0.3 is 9.84 Å². The topological polar surface area (TPSA) is 66.8 Å². The maximum Gasteiger partial charge on any atom is 0.387 e. The van der Waals surface area contributed by atoms with Crippen molar-refractivity contribution in [3.63, 3.8) is 0 Å². The van der Waals surface area contributed by atoms with Crippen molar-refractivity contribution in [1.29, 1.82) is 0 Å². The van der Waals surface area contributed by atoms with Crippen LogP contribution < -0.4 is 4.74 Å². The van der Waals surface area contributed by atoms with Crippen molar-refractivity contribution >= 4 is 21.6 Å². The molecule has 1 N–H and O–H groups in total. The quantitative estimate of drug-likeness (QED) is 0.830. The van der Waals surface area contributed by atoms with E-state index in [2.05, 4.69) is 4.74 Å². The molecule has 0 spiro atoms. The number of rotatable bonds is 7. The highest BCUT2D eigenvalue weighted by atomic mass is 35.5.